The highest BCUT2D eigenvalue weighted by atomic mass is 16.2. The highest BCUT2D eigenvalue weighted by molar-refractivity contribution is 5.91. The molecule has 2 rings (SSSR count). The summed E-state index contributed by atoms with van der Waals surface area (Å²) in [7, 11) is 0. The van der Waals surface area contributed by atoms with Gasteiger partial charge in [0, 0.05) is 50.9 Å². The molecule has 25 heavy (non-hydrogen) atoms. The Balaban J connectivity index is 1.80. The Morgan fingerprint density at radius 3 is 2.36 bits per heavy atom. The number of hydrogen-bond donors (Lipinski definition) is 1. The van der Waals surface area contributed by atoms with Crippen molar-refractivity contribution in [2.45, 2.75) is 52.4 Å². The molecule has 138 valence electrons. The van der Waals surface area contributed by atoms with E-state index in [1.807, 2.05) is 12.1 Å². The van der Waals surface area contributed by atoms with E-state index in [9.17, 15) is 9.59 Å². The van der Waals surface area contributed by atoms with Crippen LogP contribution in [0.5, 0.6) is 0 Å². The summed E-state index contributed by atoms with van der Waals surface area (Å²) < 4.78 is 0. The molecule has 0 saturated carbocycles. The monoisotopic (exact) mass is 345 g/mol. The summed E-state index contributed by atoms with van der Waals surface area (Å²) in [5.41, 5.74) is 2.04. The van der Waals surface area contributed by atoms with Crippen molar-refractivity contribution in [3.05, 3.63) is 24.3 Å². The van der Waals surface area contributed by atoms with Crippen LogP contribution in [-0.4, -0.2) is 42.9 Å². The van der Waals surface area contributed by atoms with E-state index < -0.39 is 0 Å². The molecule has 5 nitrogen and oxygen atoms in total. The number of anilines is 2. The predicted octanol–water partition coefficient (Wildman–Crippen LogP) is 3.65. The van der Waals surface area contributed by atoms with E-state index in [0.717, 1.165) is 38.2 Å². The Morgan fingerprint density at radius 1 is 1.08 bits per heavy atom. The van der Waals surface area contributed by atoms with Crippen LogP contribution in [0.4, 0.5) is 11.4 Å². The number of piperidine rings is 1. The summed E-state index contributed by atoms with van der Waals surface area (Å²) in [4.78, 5) is 27.9. The minimum absolute atomic E-state index is 0.0344. The second-order valence-electron chi connectivity index (χ2n) is 6.75. The van der Waals surface area contributed by atoms with E-state index >= 15 is 0 Å². The number of unbranched alkanes of at least 4 members (excludes halogenated alkanes) is 1. The van der Waals surface area contributed by atoms with Crippen LogP contribution >= 0.6 is 0 Å². The summed E-state index contributed by atoms with van der Waals surface area (Å²) in [6.07, 6.45) is 6.17. The van der Waals surface area contributed by atoms with Gasteiger partial charge in [-0.2, -0.15) is 0 Å². The summed E-state index contributed by atoms with van der Waals surface area (Å²) in [6, 6.07) is 8.07. The van der Waals surface area contributed by atoms with E-state index in [2.05, 4.69) is 29.3 Å². The minimum atomic E-state index is -0.0477. The average Bonchev–Trinajstić information content (AvgIpc) is 2.63. The summed E-state index contributed by atoms with van der Waals surface area (Å²) in [6.45, 7) is 7.09. The van der Waals surface area contributed by atoms with Gasteiger partial charge in [-0.1, -0.05) is 13.3 Å². The number of nitrogens with zero attached hydrogens (tertiary/aromatic N) is 2. The molecule has 1 aromatic rings. The molecule has 1 N–H and O–H groups in total. The van der Waals surface area contributed by atoms with E-state index in [4.69, 9.17) is 0 Å². The number of nitrogens with one attached hydrogen (secondary N) is 1. The van der Waals surface area contributed by atoms with Crippen molar-refractivity contribution < 1.29 is 9.59 Å². The first-order chi connectivity index (χ1) is 12.1. The number of benzene rings is 1. The van der Waals surface area contributed by atoms with E-state index in [-0.39, 0.29) is 11.8 Å². The second kappa shape index (κ2) is 10.1. The van der Waals surface area contributed by atoms with Crippen LogP contribution in [0.2, 0.25) is 0 Å². The highest BCUT2D eigenvalue weighted by Crippen LogP contribution is 2.21. The normalized spacial score (nSPS) is 14.2. The predicted molar refractivity (Wildman–Crippen MR) is 103 cm³/mol. The van der Waals surface area contributed by atoms with Crippen molar-refractivity contribution in [3.63, 3.8) is 0 Å². The van der Waals surface area contributed by atoms with Gasteiger partial charge in [0.1, 0.15) is 0 Å². The molecule has 0 atom stereocenters. The zero-order valence-corrected chi connectivity index (χ0v) is 15.6. The molecule has 1 aromatic carbocycles. The number of carbonyl (C=O) groups is 2. The molecule has 0 bridgehead atoms. The molecular formula is C20H31N3O2. The van der Waals surface area contributed by atoms with Crippen LogP contribution in [0.25, 0.3) is 0 Å². The molecule has 0 unspecified atom stereocenters. The molecule has 0 radical (unpaired) electrons. The van der Waals surface area contributed by atoms with Gasteiger partial charge in [-0.25, -0.2) is 0 Å². The third-order valence-corrected chi connectivity index (χ3v) is 4.71. The summed E-state index contributed by atoms with van der Waals surface area (Å²) in [5.74, 6) is -0.0133. The van der Waals surface area contributed by atoms with Gasteiger partial charge in [0.2, 0.25) is 11.8 Å². The highest BCUT2D eigenvalue weighted by Gasteiger charge is 2.12. The molecule has 1 heterocycles. The number of rotatable bonds is 8. The van der Waals surface area contributed by atoms with E-state index in [0.29, 0.717) is 13.0 Å². The number of hydrogen-bond acceptors (Lipinski definition) is 3. The minimum Gasteiger partial charge on any atom is -0.372 e. The van der Waals surface area contributed by atoms with E-state index in [1.165, 1.54) is 24.9 Å². The lowest BCUT2D eigenvalue weighted by Crippen LogP contribution is -2.32. The zero-order chi connectivity index (χ0) is 18.1. The van der Waals surface area contributed by atoms with Gasteiger partial charge in [0.05, 0.1) is 0 Å². The number of carbonyl (C=O) groups excluding carboxylic acids is 2. The maximum atomic E-state index is 12.1. The van der Waals surface area contributed by atoms with Crippen molar-refractivity contribution in [2.24, 2.45) is 0 Å². The standard InChI is InChI=1S/C20H31N3O2/c1-3-4-13-22(17(2)24)16-12-20(25)21-18-8-10-19(11-9-18)23-14-6-5-7-15-23/h8-11H,3-7,12-16H2,1-2H3,(H,21,25). The van der Waals surface area contributed by atoms with Crippen molar-refractivity contribution >= 4 is 23.2 Å². The Kier molecular flexibility index (Phi) is 7.76. The lowest BCUT2D eigenvalue weighted by molar-refractivity contribution is -0.129. The van der Waals surface area contributed by atoms with Crippen molar-refractivity contribution in [1.29, 1.82) is 0 Å². The lowest BCUT2D eigenvalue weighted by atomic mass is 10.1. The zero-order valence-electron chi connectivity index (χ0n) is 15.6. The van der Waals surface area contributed by atoms with E-state index in [1.54, 1.807) is 11.8 Å². The molecule has 0 spiro atoms. The third-order valence-electron chi connectivity index (χ3n) is 4.71. The SMILES string of the molecule is CCCCN(CCC(=O)Nc1ccc(N2CCCCC2)cc1)C(C)=O. The van der Waals surface area contributed by atoms with Crippen LogP contribution in [0.3, 0.4) is 0 Å². The average molecular weight is 345 g/mol. The van der Waals surface area contributed by atoms with Crippen molar-refractivity contribution in [2.75, 3.05) is 36.4 Å². The van der Waals surface area contributed by atoms with Gasteiger partial charge < -0.3 is 15.1 Å². The molecule has 1 saturated heterocycles. The third kappa shape index (κ3) is 6.40. The van der Waals surface area contributed by atoms with Gasteiger partial charge in [-0.3, -0.25) is 9.59 Å². The first-order valence-corrected chi connectivity index (χ1v) is 9.50. The fourth-order valence-electron chi connectivity index (χ4n) is 3.14. The molecule has 1 aliphatic heterocycles. The van der Waals surface area contributed by atoms with Crippen LogP contribution in [-0.2, 0) is 9.59 Å². The maximum Gasteiger partial charge on any atom is 0.226 e. The van der Waals surface area contributed by atoms with Crippen LogP contribution < -0.4 is 10.2 Å². The molecule has 5 heteroatoms. The topological polar surface area (TPSA) is 52.7 Å². The lowest BCUT2D eigenvalue weighted by Gasteiger charge is -2.28. The Bertz CT molecular complexity index is 551. The first kappa shape index (κ1) is 19.3. The summed E-state index contributed by atoms with van der Waals surface area (Å²) >= 11 is 0. The van der Waals surface area contributed by atoms with Gasteiger partial charge in [-0.05, 0) is 49.9 Å². The summed E-state index contributed by atoms with van der Waals surface area (Å²) in [5, 5.41) is 2.93. The van der Waals surface area contributed by atoms with Crippen LogP contribution in [0.1, 0.15) is 52.4 Å². The smallest absolute Gasteiger partial charge is 0.226 e. The van der Waals surface area contributed by atoms with Gasteiger partial charge >= 0.3 is 0 Å². The molecular weight excluding hydrogens is 314 g/mol. The largest absolute Gasteiger partial charge is 0.372 e. The maximum absolute atomic E-state index is 12.1. The second-order valence-corrected chi connectivity index (χ2v) is 6.75. The quantitative estimate of drug-likeness (QED) is 0.782. The molecule has 0 aliphatic carbocycles. The Morgan fingerprint density at radius 2 is 1.76 bits per heavy atom. The van der Waals surface area contributed by atoms with Gasteiger partial charge in [0.15, 0.2) is 0 Å². The fourth-order valence-corrected chi connectivity index (χ4v) is 3.14. The van der Waals surface area contributed by atoms with Crippen molar-refractivity contribution in [3.8, 4) is 0 Å². The first-order valence-electron chi connectivity index (χ1n) is 9.50. The van der Waals surface area contributed by atoms with Crippen LogP contribution in [0, 0.1) is 0 Å². The van der Waals surface area contributed by atoms with Crippen LogP contribution in [0.15, 0.2) is 24.3 Å². The molecule has 0 aromatic heterocycles. The Hall–Kier alpha value is -2.04. The molecule has 1 fully saturated rings. The molecule has 2 amide bonds. The molecule has 1 aliphatic rings. The number of amides is 2. The Labute approximate surface area is 151 Å². The van der Waals surface area contributed by atoms with Gasteiger partial charge in [-0.15, -0.1) is 0 Å². The van der Waals surface area contributed by atoms with Crippen molar-refractivity contribution in [1.82, 2.24) is 4.90 Å². The van der Waals surface area contributed by atoms with Gasteiger partial charge in [0.25, 0.3) is 0 Å². The fraction of sp³-hybridized carbons (Fsp3) is 0.600.